The SMILES string of the molecule is C#Cc1cccc(Nc2ncnc3ccc(NC(=O)c4cccs4)cc23)c1. The zero-order valence-electron chi connectivity index (χ0n) is 14.1. The predicted octanol–water partition coefficient (Wildman–Crippen LogP) is 4.67. The molecule has 2 aromatic carbocycles. The summed E-state index contributed by atoms with van der Waals surface area (Å²) in [5.74, 6) is 3.11. The number of carbonyl (C=O) groups excluding carboxylic acids is 1. The monoisotopic (exact) mass is 370 g/mol. The van der Waals surface area contributed by atoms with Crippen LogP contribution < -0.4 is 10.6 Å². The molecule has 0 spiro atoms. The summed E-state index contributed by atoms with van der Waals surface area (Å²) in [6.07, 6.45) is 6.97. The minimum atomic E-state index is -0.141. The minimum absolute atomic E-state index is 0.141. The van der Waals surface area contributed by atoms with Crippen LogP contribution >= 0.6 is 11.3 Å². The molecule has 0 radical (unpaired) electrons. The Hall–Kier alpha value is -3.69. The van der Waals surface area contributed by atoms with Gasteiger partial charge in [-0.25, -0.2) is 9.97 Å². The van der Waals surface area contributed by atoms with Crippen LogP contribution in [-0.4, -0.2) is 15.9 Å². The van der Waals surface area contributed by atoms with Gasteiger partial charge < -0.3 is 10.6 Å². The number of aromatic nitrogens is 2. The highest BCUT2D eigenvalue weighted by Crippen LogP contribution is 2.26. The molecule has 0 unspecified atom stereocenters. The molecule has 0 saturated carbocycles. The quantitative estimate of drug-likeness (QED) is 0.512. The fourth-order valence-corrected chi connectivity index (χ4v) is 3.28. The lowest BCUT2D eigenvalue weighted by Crippen LogP contribution is -2.10. The molecule has 0 aliphatic heterocycles. The van der Waals surface area contributed by atoms with Crippen LogP contribution in [0.4, 0.5) is 17.2 Å². The molecule has 27 heavy (non-hydrogen) atoms. The van der Waals surface area contributed by atoms with Crippen molar-refractivity contribution in [3.05, 3.63) is 76.7 Å². The highest BCUT2D eigenvalue weighted by atomic mass is 32.1. The molecule has 0 fully saturated rings. The van der Waals surface area contributed by atoms with Crippen molar-refractivity contribution in [1.82, 2.24) is 9.97 Å². The van der Waals surface area contributed by atoms with Gasteiger partial charge in [-0.2, -0.15) is 0 Å². The van der Waals surface area contributed by atoms with Gasteiger partial charge in [0.15, 0.2) is 0 Å². The summed E-state index contributed by atoms with van der Waals surface area (Å²) in [5, 5.41) is 8.85. The largest absolute Gasteiger partial charge is 0.340 e. The van der Waals surface area contributed by atoms with Gasteiger partial charge in [-0.05, 0) is 47.8 Å². The molecule has 2 N–H and O–H groups in total. The van der Waals surface area contributed by atoms with Gasteiger partial charge in [-0.15, -0.1) is 17.8 Å². The summed E-state index contributed by atoms with van der Waals surface area (Å²) >= 11 is 1.40. The van der Waals surface area contributed by atoms with E-state index >= 15 is 0 Å². The molecule has 1 amide bonds. The average molecular weight is 370 g/mol. The van der Waals surface area contributed by atoms with Gasteiger partial charge in [-0.3, -0.25) is 4.79 Å². The maximum absolute atomic E-state index is 12.3. The van der Waals surface area contributed by atoms with E-state index in [9.17, 15) is 4.79 Å². The van der Waals surface area contributed by atoms with Gasteiger partial charge in [0.25, 0.3) is 5.91 Å². The number of rotatable bonds is 4. The van der Waals surface area contributed by atoms with Crippen molar-refractivity contribution >= 4 is 45.3 Å². The zero-order valence-corrected chi connectivity index (χ0v) is 15.0. The number of nitrogens with zero attached hydrogens (tertiary/aromatic N) is 2. The van der Waals surface area contributed by atoms with Gasteiger partial charge in [0.05, 0.1) is 10.4 Å². The molecule has 0 bridgehead atoms. The smallest absolute Gasteiger partial charge is 0.265 e. The lowest BCUT2D eigenvalue weighted by Gasteiger charge is -2.10. The van der Waals surface area contributed by atoms with Crippen LogP contribution in [0.15, 0.2) is 66.3 Å². The van der Waals surface area contributed by atoms with Crippen LogP contribution in [0, 0.1) is 12.3 Å². The molecule has 0 aliphatic rings. The van der Waals surface area contributed by atoms with Crippen molar-refractivity contribution in [1.29, 1.82) is 0 Å². The summed E-state index contributed by atoms with van der Waals surface area (Å²) in [4.78, 5) is 21.6. The molecule has 2 heterocycles. The van der Waals surface area contributed by atoms with Crippen molar-refractivity contribution in [3.63, 3.8) is 0 Å². The number of benzene rings is 2. The highest BCUT2D eigenvalue weighted by Gasteiger charge is 2.10. The second-order valence-corrected chi connectivity index (χ2v) is 6.68. The van der Waals surface area contributed by atoms with E-state index in [-0.39, 0.29) is 5.91 Å². The second-order valence-electron chi connectivity index (χ2n) is 5.74. The fourth-order valence-electron chi connectivity index (χ4n) is 2.66. The summed E-state index contributed by atoms with van der Waals surface area (Å²) < 4.78 is 0. The van der Waals surface area contributed by atoms with Crippen molar-refractivity contribution in [2.24, 2.45) is 0 Å². The molecule has 6 heteroatoms. The Balaban J connectivity index is 1.67. The Kier molecular flexibility index (Phi) is 4.52. The van der Waals surface area contributed by atoms with Crippen LogP contribution in [0.3, 0.4) is 0 Å². The Labute approximate surface area is 160 Å². The van der Waals surface area contributed by atoms with E-state index < -0.39 is 0 Å². The molecule has 2 aromatic heterocycles. The Morgan fingerprint density at radius 3 is 2.78 bits per heavy atom. The number of anilines is 3. The van der Waals surface area contributed by atoms with Gasteiger partial charge in [-0.1, -0.05) is 18.1 Å². The predicted molar refractivity (Wildman–Crippen MR) is 109 cm³/mol. The molecular formula is C21H14N4OS. The lowest BCUT2D eigenvalue weighted by atomic mass is 10.2. The number of fused-ring (bicyclic) bond motifs is 1. The third-order valence-corrected chi connectivity index (χ3v) is 4.80. The van der Waals surface area contributed by atoms with Crippen LogP contribution in [0.25, 0.3) is 10.9 Å². The van der Waals surface area contributed by atoms with Crippen LogP contribution in [0.1, 0.15) is 15.2 Å². The van der Waals surface area contributed by atoms with Crippen molar-refractivity contribution < 1.29 is 4.79 Å². The van der Waals surface area contributed by atoms with Crippen molar-refractivity contribution in [2.45, 2.75) is 0 Å². The van der Waals surface area contributed by atoms with E-state index in [0.717, 1.165) is 22.2 Å². The number of amides is 1. The number of carbonyl (C=O) groups is 1. The molecule has 4 aromatic rings. The van der Waals surface area contributed by atoms with E-state index in [1.807, 2.05) is 53.9 Å². The van der Waals surface area contributed by atoms with Gasteiger partial charge in [0.1, 0.15) is 12.1 Å². The average Bonchev–Trinajstić information content (AvgIpc) is 3.24. The number of terminal acetylenes is 1. The summed E-state index contributed by atoms with van der Waals surface area (Å²) in [6.45, 7) is 0. The fraction of sp³-hybridized carbons (Fsp3) is 0. The van der Waals surface area contributed by atoms with E-state index in [1.54, 1.807) is 6.07 Å². The normalized spacial score (nSPS) is 10.3. The molecular weight excluding hydrogens is 356 g/mol. The van der Waals surface area contributed by atoms with E-state index in [0.29, 0.717) is 16.4 Å². The number of hydrogen-bond acceptors (Lipinski definition) is 5. The lowest BCUT2D eigenvalue weighted by molar-refractivity contribution is 0.103. The topological polar surface area (TPSA) is 66.9 Å². The Bertz CT molecular complexity index is 1160. The number of nitrogens with one attached hydrogen (secondary N) is 2. The standard InChI is InChI=1S/C21H14N4OS/c1-2-14-5-3-6-15(11-14)24-20-17-12-16(8-9-18(17)22-13-23-20)25-21(26)19-7-4-10-27-19/h1,3-13H,(H,25,26)(H,22,23,24). The Morgan fingerprint density at radius 1 is 1.04 bits per heavy atom. The molecule has 0 atom stereocenters. The summed E-state index contributed by atoms with van der Waals surface area (Å²) in [5.41, 5.74) is 3.06. The molecule has 4 rings (SSSR count). The van der Waals surface area contributed by atoms with Crippen LogP contribution in [0.2, 0.25) is 0 Å². The molecule has 0 aliphatic carbocycles. The molecule has 0 saturated heterocycles. The zero-order chi connectivity index (χ0) is 18.6. The van der Waals surface area contributed by atoms with Crippen LogP contribution in [-0.2, 0) is 0 Å². The second kappa shape index (κ2) is 7.28. The van der Waals surface area contributed by atoms with Crippen molar-refractivity contribution in [2.75, 3.05) is 10.6 Å². The van der Waals surface area contributed by atoms with E-state index in [1.165, 1.54) is 17.7 Å². The van der Waals surface area contributed by atoms with Gasteiger partial charge in [0.2, 0.25) is 0 Å². The first-order chi connectivity index (χ1) is 13.2. The van der Waals surface area contributed by atoms with Gasteiger partial charge in [0, 0.05) is 22.3 Å². The van der Waals surface area contributed by atoms with E-state index in [4.69, 9.17) is 6.42 Å². The maximum atomic E-state index is 12.3. The first kappa shape index (κ1) is 16.8. The molecule has 130 valence electrons. The summed E-state index contributed by atoms with van der Waals surface area (Å²) in [6, 6.07) is 16.7. The Morgan fingerprint density at radius 2 is 1.96 bits per heavy atom. The van der Waals surface area contributed by atoms with E-state index in [2.05, 4.69) is 26.5 Å². The molecule has 5 nitrogen and oxygen atoms in total. The highest BCUT2D eigenvalue weighted by molar-refractivity contribution is 7.12. The van der Waals surface area contributed by atoms with Crippen LogP contribution in [0.5, 0.6) is 0 Å². The maximum Gasteiger partial charge on any atom is 0.265 e. The first-order valence-electron chi connectivity index (χ1n) is 8.16. The van der Waals surface area contributed by atoms with Crippen molar-refractivity contribution in [3.8, 4) is 12.3 Å². The first-order valence-corrected chi connectivity index (χ1v) is 9.04. The third kappa shape index (κ3) is 3.64. The van der Waals surface area contributed by atoms with Gasteiger partial charge >= 0.3 is 0 Å². The summed E-state index contributed by atoms with van der Waals surface area (Å²) in [7, 11) is 0. The number of thiophene rings is 1. The third-order valence-electron chi connectivity index (χ3n) is 3.93. The number of hydrogen-bond donors (Lipinski definition) is 2. The minimum Gasteiger partial charge on any atom is -0.340 e.